The van der Waals surface area contributed by atoms with Crippen LogP contribution in [0, 0.1) is 5.92 Å². The van der Waals surface area contributed by atoms with Gasteiger partial charge in [0.05, 0.1) is 18.7 Å². The third-order valence-electron chi connectivity index (χ3n) is 3.67. The molecule has 3 nitrogen and oxygen atoms in total. The highest BCUT2D eigenvalue weighted by molar-refractivity contribution is 5.77. The molecule has 2 rings (SSSR count). The van der Waals surface area contributed by atoms with Crippen molar-refractivity contribution in [1.29, 1.82) is 0 Å². The van der Waals surface area contributed by atoms with Crippen LogP contribution in [-0.4, -0.2) is 34.6 Å². The molecule has 0 radical (unpaired) electrons. The average molecular weight is 197 g/mol. The Morgan fingerprint density at radius 3 is 2.57 bits per heavy atom. The van der Waals surface area contributed by atoms with Crippen molar-refractivity contribution in [3.8, 4) is 0 Å². The molecule has 0 aromatic rings. The van der Waals surface area contributed by atoms with E-state index in [1.54, 1.807) is 4.90 Å². The van der Waals surface area contributed by atoms with E-state index in [1.807, 2.05) is 6.92 Å². The average Bonchev–Trinajstić information content (AvgIpc) is 2.05. The molecular formula is C11H19NO2. The summed E-state index contributed by atoms with van der Waals surface area (Å²) in [6.07, 6.45) is 5.19. The Bertz CT molecular complexity index is 229. The van der Waals surface area contributed by atoms with Crippen molar-refractivity contribution in [2.75, 3.05) is 13.1 Å². The SMILES string of the molecule is CCC1(O)CN(C(=O)CC2CCC2)C1. The second-order valence-corrected chi connectivity index (χ2v) is 4.83. The first-order valence-corrected chi connectivity index (χ1v) is 5.63. The van der Waals surface area contributed by atoms with Gasteiger partial charge in [-0.05, 0) is 25.2 Å². The van der Waals surface area contributed by atoms with Crippen molar-refractivity contribution in [3.63, 3.8) is 0 Å². The number of β-amino-alcohol motifs (C(OH)–C–C–N with tert-alkyl or cyclic N) is 1. The molecule has 0 atom stereocenters. The summed E-state index contributed by atoms with van der Waals surface area (Å²) in [6, 6.07) is 0. The summed E-state index contributed by atoms with van der Waals surface area (Å²) in [7, 11) is 0. The molecule has 1 aliphatic heterocycles. The molecule has 0 aromatic carbocycles. The topological polar surface area (TPSA) is 40.5 Å². The molecule has 80 valence electrons. The van der Waals surface area contributed by atoms with Crippen LogP contribution in [0.2, 0.25) is 0 Å². The number of rotatable bonds is 3. The van der Waals surface area contributed by atoms with Gasteiger partial charge in [0.15, 0.2) is 0 Å². The number of carbonyl (C=O) groups excluding carboxylic acids is 1. The Hall–Kier alpha value is -0.570. The van der Waals surface area contributed by atoms with Crippen LogP contribution in [-0.2, 0) is 4.79 Å². The van der Waals surface area contributed by atoms with Gasteiger partial charge in [-0.2, -0.15) is 0 Å². The van der Waals surface area contributed by atoms with Crippen LogP contribution in [0.15, 0.2) is 0 Å². The number of carbonyl (C=O) groups is 1. The molecule has 1 heterocycles. The minimum Gasteiger partial charge on any atom is -0.386 e. The van der Waals surface area contributed by atoms with Crippen LogP contribution in [0.25, 0.3) is 0 Å². The number of likely N-dealkylation sites (tertiary alicyclic amines) is 1. The van der Waals surface area contributed by atoms with Crippen LogP contribution in [0.4, 0.5) is 0 Å². The molecule has 1 saturated heterocycles. The van der Waals surface area contributed by atoms with Gasteiger partial charge in [-0.15, -0.1) is 0 Å². The molecule has 0 bridgehead atoms. The Morgan fingerprint density at radius 2 is 2.14 bits per heavy atom. The summed E-state index contributed by atoms with van der Waals surface area (Å²) in [5.41, 5.74) is -0.574. The molecule has 0 aromatic heterocycles. The predicted molar refractivity (Wildman–Crippen MR) is 53.8 cm³/mol. The van der Waals surface area contributed by atoms with Gasteiger partial charge in [0.25, 0.3) is 0 Å². The molecule has 1 aliphatic carbocycles. The quantitative estimate of drug-likeness (QED) is 0.737. The lowest BCUT2D eigenvalue weighted by Gasteiger charge is -2.46. The number of amides is 1. The zero-order valence-corrected chi connectivity index (χ0v) is 8.83. The maximum absolute atomic E-state index is 11.6. The lowest BCUT2D eigenvalue weighted by Crippen LogP contribution is -2.63. The third-order valence-corrected chi connectivity index (χ3v) is 3.67. The molecule has 3 heteroatoms. The monoisotopic (exact) mass is 197 g/mol. The Labute approximate surface area is 85.1 Å². The smallest absolute Gasteiger partial charge is 0.223 e. The Morgan fingerprint density at radius 1 is 1.50 bits per heavy atom. The van der Waals surface area contributed by atoms with Gasteiger partial charge in [0, 0.05) is 6.42 Å². The summed E-state index contributed by atoms with van der Waals surface area (Å²) in [5.74, 6) is 0.880. The Kier molecular flexibility index (Phi) is 2.52. The van der Waals surface area contributed by atoms with Crippen LogP contribution in [0.1, 0.15) is 39.0 Å². The van der Waals surface area contributed by atoms with Crippen molar-refractivity contribution in [1.82, 2.24) is 4.90 Å². The summed E-state index contributed by atoms with van der Waals surface area (Å²) in [5, 5.41) is 9.75. The number of aliphatic hydroxyl groups is 1. The molecule has 0 spiro atoms. The number of hydrogen-bond donors (Lipinski definition) is 1. The highest BCUT2D eigenvalue weighted by Gasteiger charge is 2.42. The second kappa shape index (κ2) is 3.54. The van der Waals surface area contributed by atoms with Gasteiger partial charge < -0.3 is 10.0 Å². The molecule has 0 unspecified atom stereocenters. The fourth-order valence-corrected chi connectivity index (χ4v) is 2.14. The standard InChI is InChI=1S/C11H19NO2/c1-2-11(14)7-12(8-11)10(13)6-9-4-3-5-9/h9,14H,2-8H2,1H3. The molecule has 2 fully saturated rings. The molecule has 1 amide bonds. The molecular weight excluding hydrogens is 178 g/mol. The maximum atomic E-state index is 11.6. The summed E-state index contributed by atoms with van der Waals surface area (Å²) in [6.45, 7) is 3.07. The van der Waals surface area contributed by atoms with E-state index in [-0.39, 0.29) is 5.91 Å². The van der Waals surface area contributed by atoms with E-state index in [9.17, 15) is 9.90 Å². The van der Waals surface area contributed by atoms with Crippen molar-refractivity contribution in [2.24, 2.45) is 5.92 Å². The van der Waals surface area contributed by atoms with E-state index in [0.717, 1.165) is 6.42 Å². The first kappa shape index (κ1) is 9.97. The minimum absolute atomic E-state index is 0.243. The first-order valence-electron chi connectivity index (χ1n) is 5.63. The van der Waals surface area contributed by atoms with E-state index >= 15 is 0 Å². The minimum atomic E-state index is -0.574. The highest BCUT2D eigenvalue weighted by atomic mass is 16.3. The van der Waals surface area contributed by atoms with E-state index < -0.39 is 5.60 Å². The van der Waals surface area contributed by atoms with Gasteiger partial charge in [-0.3, -0.25) is 4.79 Å². The molecule has 14 heavy (non-hydrogen) atoms. The van der Waals surface area contributed by atoms with Gasteiger partial charge in [0.2, 0.25) is 5.91 Å². The lowest BCUT2D eigenvalue weighted by atomic mass is 9.81. The van der Waals surface area contributed by atoms with E-state index in [0.29, 0.717) is 25.4 Å². The fraction of sp³-hybridized carbons (Fsp3) is 0.909. The Balaban J connectivity index is 1.73. The third kappa shape index (κ3) is 1.78. The van der Waals surface area contributed by atoms with Crippen molar-refractivity contribution >= 4 is 5.91 Å². The van der Waals surface area contributed by atoms with E-state index in [4.69, 9.17) is 0 Å². The van der Waals surface area contributed by atoms with E-state index in [1.165, 1.54) is 19.3 Å². The van der Waals surface area contributed by atoms with E-state index in [2.05, 4.69) is 0 Å². The predicted octanol–water partition coefficient (Wildman–Crippen LogP) is 1.16. The zero-order valence-electron chi connectivity index (χ0n) is 8.83. The lowest BCUT2D eigenvalue weighted by molar-refractivity contribution is -0.157. The fourth-order valence-electron chi connectivity index (χ4n) is 2.14. The molecule has 1 N–H and O–H groups in total. The van der Waals surface area contributed by atoms with Crippen LogP contribution in [0.3, 0.4) is 0 Å². The van der Waals surface area contributed by atoms with Gasteiger partial charge in [-0.25, -0.2) is 0 Å². The van der Waals surface area contributed by atoms with Gasteiger partial charge in [0.1, 0.15) is 0 Å². The van der Waals surface area contributed by atoms with Crippen molar-refractivity contribution in [2.45, 2.75) is 44.6 Å². The van der Waals surface area contributed by atoms with Gasteiger partial charge in [-0.1, -0.05) is 13.3 Å². The molecule has 2 aliphatic rings. The maximum Gasteiger partial charge on any atom is 0.223 e. The van der Waals surface area contributed by atoms with Crippen LogP contribution >= 0.6 is 0 Å². The zero-order chi connectivity index (χ0) is 10.2. The largest absolute Gasteiger partial charge is 0.386 e. The summed E-state index contributed by atoms with van der Waals surface area (Å²) >= 11 is 0. The van der Waals surface area contributed by atoms with Crippen molar-refractivity contribution in [3.05, 3.63) is 0 Å². The van der Waals surface area contributed by atoms with Gasteiger partial charge >= 0.3 is 0 Å². The van der Waals surface area contributed by atoms with Crippen molar-refractivity contribution < 1.29 is 9.90 Å². The first-order chi connectivity index (χ1) is 6.63. The van der Waals surface area contributed by atoms with Crippen LogP contribution < -0.4 is 0 Å². The number of nitrogens with zero attached hydrogens (tertiary/aromatic N) is 1. The van der Waals surface area contributed by atoms with Crippen LogP contribution in [0.5, 0.6) is 0 Å². The summed E-state index contributed by atoms with van der Waals surface area (Å²) in [4.78, 5) is 13.4. The molecule has 1 saturated carbocycles. The highest BCUT2D eigenvalue weighted by Crippen LogP contribution is 2.32. The second-order valence-electron chi connectivity index (χ2n) is 4.83. The summed E-state index contributed by atoms with van der Waals surface area (Å²) < 4.78 is 0. The normalized spacial score (nSPS) is 25.4. The number of hydrogen-bond acceptors (Lipinski definition) is 2.